The number of carbonyl (C=O) groups is 1. The fourth-order valence-electron chi connectivity index (χ4n) is 3.45. The Morgan fingerprint density at radius 1 is 1.35 bits per heavy atom. The van der Waals surface area contributed by atoms with Crippen molar-refractivity contribution in [2.24, 2.45) is 0 Å². The molecule has 31 heavy (non-hydrogen) atoms. The van der Waals surface area contributed by atoms with Crippen molar-refractivity contribution in [2.45, 2.75) is 26.9 Å². The third kappa shape index (κ3) is 3.47. The second kappa shape index (κ2) is 7.78. The average molecular weight is 440 g/mol. The minimum absolute atomic E-state index is 0.105. The Morgan fingerprint density at radius 3 is 2.87 bits per heavy atom. The van der Waals surface area contributed by atoms with Gasteiger partial charge in [0.15, 0.2) is 4.88 Å². The molecule has 0 atom stereocenters. The third-order valence-electron chi connectivity index (χ3n) is 5.01. The topological polar surface area (TPSA) is 101 Å². The van der Waals surface area contributed by atoms with E-state index in [4.69, 9.17) is 18.7 Å². The third-order valence-corrected chi connectivity index (χ3v) is 6.08. The first-order valence-corrected chi connectivity index (χ1v) is 10.7. The predicted molar refractivity (Wildman–Crippen MR) is 112 cm³/mol. The van der Waals surface area contributed by atoms with Crippen molar-refractivity contribution in [3.05, 3.63) is 40.9 Å². The van der Waals surface area contributed by atoms with E-state index in [1.807, 2.05) is 32.2 Å². The van der Waals surface area contributed by atoms with Crippen LogP contribution in [0.5, 0.6) is 5.88 Å². The van der Waals surface area contributed by atoms with Crippen LogP contribution in [-0.4, -0.2) is 51.6 Å². The van der Waals surface area contributed by atoms with Crippen molar-refractivity contribution >= 4 is 22.8 Å². The SMILES string of the molecule is CCOC(=O)c1sc(-c2ccn3ncc(-c4c(C)noc4C)c3c2)nc1OC1COC1. The fourth-order valence-corrected chi connectivity index (χ4v) is 4.34. The number of thiazole rings is 1. The van der Waals surface area contributed by atoms with Gasteiger partial charge in [0.2, 0.25) is 5.88 Å². The van der Waals surface area contributed by atoms with E-state index in [1.54, 1.807) is 17.6 Å². The lowest BCUT2D eigenvalue weighted by Gasteiger charge is -2.25. The molecule has 0 spiro atoms. The number of nitrogens with zero attached hydrogens (tertiary/aromatic N) is 4. The van der Waals surface area contributed by atoms with Gasteiger partial charge >= 0.3 is 5.97 Å². The Bertz CT molecular complexity index is 1250. The van der Waals surface area contributed by atoms with Crippen LogP contribution in [0.4, 0.5) is 0 Å². The minimum atomic E-state index is -0.441. The molecule has 0 bridgehead atoms. The molecule has 0 unspecified atom stereocenters. The molecule has 4 aromatic heterocycles. The van der Waals surface area contributed by atoms with Crippen molar-refractivity contribution < 1.29 is 23.5 Å². The summed E-state index contributed by atoms with van der Waals surface area (Å²) in [5.74, 6) is 0.574. The van der Waals surface area contributed by atoms with Crippen molar-refractivity contribution in [1.82, 2.24) is 19.8 Å². The molecule has 0 saturated carbocycles. The van der Waals surface area contributed by atoms with Gasteiger partial charge in [-0.05, 0) is 32.9 Å². The Balaban J connectivity index is 1.58. The van der Waals surface area contributed by atoms with E-state index in [0.29, 0.717) is 23.1 Å². The van der Waals surface area contributed by atoms with Crippen LogP contribution >= 0.6 is 11.3 Å². The van der Waals surface area contributed by atoms with Crippen molar-refractivity contribution in [1.29, 1.82) is 0 Å². The monoisotopic (exact) mass is 440 g/mol. The van der Waals surface area contributed by atoms with E-state index in [-0.39, 0.29) is 18.6 Å². The number of rotatable bonds is 6. The van der Waals surface area contributed by atoms with Crippen LogP contribution in [0.3, 0.4) is 0 Å². The number of fused-ring (bicyclic) bond motifs is 1. The van der Waals surface area contributed by atoms with Gasteiger partial charge in [-0.25, -0.2) is 14.3 Å². The fraction of sp³-hybridized carbons (Fsp3) is 0.333. The number of aromatic nitrogens is 4. The first kappa shape index (κ1) is 19.7. The summed E-state index contributed by atoms with van der Waals surface area (Å²) in [7, 11) is 0. The van der Waals surface area contributed by atoms with Gasteiger partial charge in [-0.15, -0.1) is 11.3 Å². The summed E-state index contributed by atoms with van der Waals surface area (Å²) >= 11 is 1.25. The lowest BCUT2D eigenvalue weighted by molar-refractivity contribution is -0.0813. The highest BCUT2D eigenvalue weighted by Gasteiger charge is 2.28. The lowest BCUT2D eigenvalue weighted by atomic mass is 10.1. The van der Waals surface area contributed by atoms with Gasteiger partial charge in [-0.1, -0.05) is 5.16 Å². The van der Waals surface area contributed by atoms with E-state index in [2.05, 4.69) is 15.2 Å². The van der Waals surface area contributed by atoms with Crippen LogP contribution in [0.1, 0.15) is 28.0 Å². The molecule has 9 nitrogen and oxygen atoms in total. The second-order valence-electron chi connectivity index (χ2n) is 7.15. The smallest absolute Gasteiger partial charge is 0.354 e. The maximum Gasteiger partial charge on any atom is 0.354 e. The van der Waals surface area contributed by atoms with Crippen LogP contribution in [0, 0.1) is 13.8 Å². The second-order valence-corrected chi connectivity index (χ2v) is 8.15. The summed E-state index contributed by atoms with van der Waals surface area (Å²) in [6.45, 7) is 6.79. The molecule has 160 valence electrons. The summed E-state index contributed by atoms with van der Waals surface area (Å²) in [6, 6.07) is 3.89. The number of pyridine rings is 1. The van der Waals surface area contributed by atoms with Crippen LogP contribution in [0.2, 0.25) is 0 Å². The van der Waals surface area contributed by atoms with E-state index >= 15 is 0 Å². The minimum Gasteiger partial charge on any atom is -0.468 e. The Hall–Kier alpha value is -3.24. The van der Waals surface area contributed by atoms with Crippen LogP contribution < -0.4 is 4.74 Å². The molecule has 0 N–H and O–H groups in total. The largest absolute Gasteiger partial charge is 0.468 e. The highest BCUT2D eigenvalue weighted by molar-refractivity contribution is 7.17. The molecule has 0 aromatic carbocycles. The molecule has 5 rings (SSSR count). The maximum atomic E-state index is 12.5. The molecule has 0 amide bonds. The van der Waals surface area contributed by atoms with E-state index in [0.717, 1.165) is 33.7 Å². The average Bonchev–Trinajstić information content (AvgIpc) is 3.41. The summed E-state index contributed by atoms with van der Waals surface area (Å²) < 4.78 is 23.3. The standard InChI is InChI=1S/C21H20N4O5S/c1-4-28-21(26)18-19(29-14-9-27-10-14)23-20(31-18)13-5-6-25-16(7-13)15(8-22-25)17-11(2)24-30-12(17)3/h5-8,14H,4,9-10H2,1-3H3. The molecule has 0 aliphatic carbocycles. The van der Waals surface area contributed by atoms with Crippen LogP contribution in [-0.2, 0) is 9.47 Å². The van der Waals surface area contributed by atoms with E-state index < -0.39 is 5.97 Å². The van der Waals surface area contributed by atoms with Gasteiger partial charge in [0.25, 0.3) is 0 Å². The van der Waals surface area contributed by atoms with Gasteiger partial charge in [-0.3, -0.25) is 0 Å². The number of carbonyl (C=O) groups excluding carboxylic acids is 1. The first-order chi connectivity index (χ1) is 15.0. The molecule has 1 fully saturated rings. The maximum absolute atomic E-state index is 12.5. The Labute approximate surface area is 181 Å². The highest BCUT2D eigenvalue weighted by atomic mass is 32.1. The van der Waals surface area contributed by atoms with Gasteiger partial charge < -0.3 is 18.7 Å². The molecular formula is C21H20N4O5S. The molecule has 5 heterocycles. The van der Waals surface area contributed by atoms with Crippen molar-refractivity contribution in [2.75, 3.05) is 19.8 Å². The quantitative estimate of drug-likeness (QED) is 0.419. The normalized spacial score (nSPS) is 14.0. The van der Waals surface area contributed by atoms with Crippen molar-refractivity contribution in [3.63, 3.8) is 0 Å². The van der Waals surface area contributed by atoms with Crippen LogP contribution in [0.15, 0.2) is 29.0 Å². The van der Waals surface area contributed by atoms with Gasteiger partial charge in [-0.2, -0.15) is 5.10 Å². The van der Waals surface area contributed by atoms with Crippen molar-refractivity contribution in [3.8, 4) is 27.6 Å². The molecular weight excluding hydrogens is 420 g/mol. The molecule has 4 aromatic rings. The molecule has 10 heteroatoms. The van der Waals surface area contributed by atoms with Gasteiger partial charge in [0.1, 0.15) is 16.9 Å². The summed E-state index contributed by atoms with van der Waals surface area (Å²) in [4.78, 5) is 17.4. The zero-order valence-electron chi connectivity index (χ0n) is 17.2. The lowest BCUT2D eigenvalue weighted by Crippen LogP contribution is -2.38. The zero-order valence-corrected chi connectivity index (χ0v) is 18.1. The van der Waals surface area contributed by atoms with Gasteiger partial charge in [0.05, 0.1) is 42.8 Å². The number of hydrogen-bond donors (Lipinski definition) is 0. The summed E-state index contributed by atoms with van der Waals surface area (Å²) in [5, 5.41) is 9.15. The zero-order chi connectivity index (χ0) is 21.5. The molecule has 0 radical (unpaired) electrons. The Kier molecular flexibility index (Phi) is 4.95. The first-order valence-electron chi connectivity index (χ1n) is 9.88. The molecule has 1 saturated heterocycles. The molecule has 1 aliphatic rings. The number of esters is 1. The highest BCUT2D eigenvalue weighted by Crippen LogP contribution is 2.36. The number of aryl methyl sites for hydroxylation is 2. The number of hydrogen-bond acceptors (Lipinski definition) is 9. The van der Waals surface area contributed by atoms with E-state index in [1.165, 1.54) is 11.3 Å². The number of ether oxygens (including phenoxy) is 3. The van der Waals surface area contributed by atoms with E-state index in [9.17, 15) is 4.79 Å². The van der Waals surface area contributed by atoms with Gasteiger partial charge in [0, 0.05) is 17.3 Å². The molecule has 1 aliphatic heterocycles. The predicted octanol–water partition coefficient (Wildman–Crippen LogP) is 3.68. The Morgan fingerprint density at radius 2 is 2.19 bits per heavy atom. The van der Waals surface area contributed by atoms with Crippen LogP contribution in [0.25, 0.3) is 27.2 Å². The summed E-state index contributed by atoms with van der Waals surface area (Å²) in [5.41, 5.74) is 4.37. The summed E-state index contributed by atoms with van der Waals surface area (Å²) in [6.07, 6.45) is 3.55.